The van der Waals surface area contributed by atoms with E-state index in [1.165, 1.54) is 0 Å². The molecular weight excluding hydrogens is 186 g/mol. The lowest BCUT2D eigenvalue weighted by Crippen LogP contribution is -2.08. The Bertz CT molecular complexity index is 348. The van der Waals surface area contributed by atoms with Crippen LogP contribution >= 0.6 is 11.6 Å². The minimum atomic E-state index is 0.0937. The van der Waals surface area contributed by atoms with Crippen molar-refractivity contribution < 1.29 is 0 Å². The number of hydrogen-bond donors (Lipinski definition) is 0. The first-order valence-corrected chi connectivity index (χ1v) is 4.54. The Balaban J connectivity index is 3.02. The second-order valence-corrected chi connectivity index (χ2v) is 3.52. The van der Waals surface area contributed by atoms with Gasteiger partial charge in [-0.1, -0.05) is 11.6 Å². The topological polar surface area (TPSA) is 41.6 Å². The lowest BCUT2D eigenvalue weighted by Gasteiger charge is -2.09. The van der Waals surface area contributed by atoms with Crippen LogP contribution in [0.3, 0.4) is 0 Å². The van der Waals surface area contributed by atoms with Gasteiger partial charge < -0.3 is 0 Å². The zero-order valence-electron chi connectivity index (χ0n) is 8.00. The molecule has 0 fully saturated rings. The Hall–Kier alpha value is -1.01. The molecule has 0 spiro atoms. The zero-order chi connectivity index (χ0) is 10.0. The third kappa shape index (κ3) is 1.84. The summed E-state index contributed by atoms with van der Waals surface area (Å²) in [5, 5.41) is 13.5. The molecule has 1 unspecified atom stereocenters. The smallest absolute Gasteiger partial charge is 0.0844 e. The van der Waals surface area contributed by atoms with Gasteiger partial charge in [0.15, 0.2) is 0 Å². The molecule has 0 saturated carbocycles. The van der Waals surface area contributed by atoms with E-state index >= 15 is 0 Å². The molecule has 4 heteroatoms. The highest BCUT2D eigenvalue weighted by atomic mass is 35.5. The molecular formula is C9H12ClN3. The first-order valence-electron chi connectivity index (χ1n) is 4.16. The van der Waals surface area contributed by atoms with Crippen molar-refractivity contribution >= 4 is 11.6 Å². The average Bonchev–Trinajstić information content (AvgIpc) is 2.33. The van der Waals surface area contributed by atoms with E-state index in [4.69, 9.17) is 16.9 Å². The van der Waals surface area contributed by atoms with Gasteiger partial charge in [-0.2, -0.15) is 10.4 Å². The van der Waals surface area contributed by atoms with Crippen LogP contribution in [0.25, 0.3) is 0 Å². The lowest BCUT2D eigenvalue weighted by molar-refractivity contribution is 0.486. The molecule has 0 amide bonds. The van der Waals surface area contributed by atoms with E-state index in [2.05, 4.69) is 11.2 Å². The summed E-state index contributed by atoms with van der Waals surface area (Å²) in [6.07, 6.45) is 0.457. The highest BCUT2D eigenvalue weighted by Gasteiger charge is 2.13. The Morgan fingerprint density at radius 2 is 2.23 bits per heavy atom. The van der Waals surface area contributed by atoms with E-state index in [0.29, 0.717) is 11.4 Å². The first-order chi connectivity index (χ1) is 6.07. The molecule has 0 N–H and O–H groups in total. The second kappa shape index (κ2) is 3.80. The van der Waals surface area contributed by atoms with Crippen molar-refractivity contribution in [3.63, 3.8) is 0 Å². The minimum Gasteiger partial charge on any atom is -0.264 e. The van der Waals surface area contributed by atoms with E-state index in [1.54, 1.807) is 4.68 Å². The van der Waals surface area contributed by atoms with Gasteiger partial charge in [-0.3, -0.25) is 4.68 Å². The summed E-state index contributed by atoms with van der Waals surface area (Å²) in [5.74, 6) is 0. The fourth-order valence-corrected chi connectivity index (χ4v) is 1.41. The molecule has 0 radical (unpaired) electrons. The summed E-state index contributed by atoms with van der Waals surface area (Å²) in [5.41, 5.74) is 1.76. The zero-order valence-corrected chi connectivity index (χ0v) is 8.76. The van der Waals surface area contributed by atoms with E-state index in [-0.39, 0.29) is 6.04 Å². The van der Waals surface area contributed by atoms with Crippen LogP contribution in [-0.2, 0) is 0 Å². The normalized spacial score (nSPS) is 12.5. The Kier molecular flexibility index (Phi) is 2.94. The molecule has 0 aliphatic carbocycles. The molecule has 1 aromatic rings. The van der Waals surface area contributed by atoms with Crippen LogP contribution in [-0.4, -0.2) is 9.78 Å². The van der Waals surface area contributed by atoms with Gasteiger partial charge in [0.1, 0.15) is 0 Å². The summed E-state index contributed by atoms with van der Waals surface area (Å²) in [6, 6.07) is 2.21. The number of halogens is 1. The van der Waals surface area contributed by atoms with Crippen LogP contribution in [0.5, 0.6) is 0 Å². The van der Waals surface area contributed by atoms with Gasteiger partial charge in [-0.05, 0) is 20.8 Å². The van der Waals surface area contributed by atoms with Crippen molar-refractivity contribution in [2.75, 3.05) is 0 Å². The van der Waals surface area contributed by atoms with Gasteiger partial charge in [0.05, 0.1) is 34.9 Å². The van der Waals surface area contributed by atoms with Gasteiger partial charge >= 0.3 is 0 Å². The molecule has 0 aromatic carbocycles. The third-order valence-electron chi connectivity index (χ3n) is 2.04. The number of aryl methyl sites for hydroxylation is 1. The standard InChI is InChI=1S/C9H12ClN3/c1-6(4-5-11)13-8(3)9(10)7(2)12-13/h6H,4H2,1-3H3. The molecule has 3 nitrogen and oxygen atoms in total. The maximum absolute atomic E-state index is 8.54. The molecule has 0 aliphatic rings. The Labute approximate surface area is 82.9 Å². The van der Waals surface area contributed by atoms with E-state index < -0.39 is 0 Å². The lowest BCUT2D eigenvalue weighted by atomic mass is 10.2. The van der Waals surface area contributed by atoms with E-state index in [1.807, 2.05) is 20.8 Å². The van der Waals surface area contributed by atoms with E-state index in [0.717, 1.165) is 11.4 Å². The molecule has 1 aromatic heterocycles. The van der Waals surface area contributed by atoms with Crippen LogP contribution in [0.1, 0.15) is 30.8 Å². The van der Waals surface area contributed by atoms with Crippen molar-refractivity contribution in [2.24, 2.45) is 0 Å². The first kappa shape index (κ1) is 10.1. The third-order valence-corrected chi connectivity index (χ3v) is 2.59. The minimum absolute atomic E-state index is 0.0937. The predicted octanol–water partition coefficient (Wildman–Crippen LogP) is 2.63. The van der Waals surface area contributed by atoms with Crippen molar-refractivity contribution in [1.29, 1.82) is 5.26 Å². The maximum Gasteiger partial charge on any atom is 0.0844 e. The maximum atomic E-state index is 8.54. The number of nitriles is 1. The Morgan fingerprint density at radius 3 is 2.62 bits per heavy atom. The highest BCUT2D eigenvalue weighted by molar-refractivity contribution is 6.31. The number of aromatic nitrogens is 2. The predicted molar refractivity (Wildman–Crippen MR) is 51.7 cm³/mol. The number of nitrogens with zero attached hydrogens (tertiary/aromatic N) is 3. The van der Waals surface area contributed by atoms with Gasteiger partial charge in [-0.15, -0.1) is 0 Å². The molecule has 0 bridgehead atoms. The van der Waals surface area contributed by atoms with Crippen molar-refractivity contribution in [2.45, 2.75) is 33.2 Å². The van der Waals surface area contributed by atoms with Crippen LogP contribution < -0.4 is 0 Å². The fraction of sp³-hybridized carbons (Fsp3) is 0.556. The molecule has 13 heavy (non-hydrogen) atoms. The molecule has 70 valence electrons. The molecule has 1 heterocycles. The molecule has 1 atom stereocenters. The summed E-state index contributed by atoms with van der Waals surface area (Å²) >= 11 is 5.98. The highest BCUT2D eigenvalue weighted by Crippen LogP contribution is 2.22. The van der Waals surface area contributed by atoms with E-state index in [9.17, 15) is 0 Å². The summed E-state index contributed by atoms with van der Waals surface area (Å²) in [4.78, 5) is 0. The monoisotopic (exact) mass is 197 g/mol. The summed E-state index contributed by atoms with van der Waals surface area (Å²) < 4.78 is 1.81. The van der Waals surface area contributed by atoms with Gasteiger partial charge in [0, 0.05) is 0 Å². The summed E-state index contributed by atoms with van der Waals surface area (Å²) in [6.45, 7) is 5.74. The van der Waals surface area contributed by atoms with Gasteiger partial charge in [0.25, 0.3) is 0 Å². The molecule has 0 aliphatic heterocycles. The van der Waals surface area contributed by atoms with Crippen LogP contribution in [0, 0.1) is 25.2 Å². The van der Waals surface area contributed by atoms with Crippen molar-refractivity contribution in [1.82, 2.24) is 9.78 Å². The second-order valence-electron chi connectivity index (χ2n) is 3.14. The van der Waals surface area contributed by atoms with Crippen molar-refractivity contribution in [3.8, 4) is 6.07 Å². The van der Waals surface area contributed by atoms with Gasteiger partial charge in [0.2, 0.25) is 0 Å². The van der Waals surface area contributed by atoms with Crippen LogP contribution in [0.2, 0.25) is 5.02 Å². The fourth-order valence-electron chi connectivity index (χ4n) is 1.29. The molecule has 0 saturated heterocycles. The van der Waals surface area contributed by atoms with Crippen LogP contribution in [0.4, 0.5) is 0 Å². The largest absolute Gasteiger partial charge is 0.264 e. The molecule has 1 rings (SSSR count). The quantitative estimate of drug-likeness (QED) is 0.732. The average molecular weight is 198 g/mol. The Morgan fingerprint density at radius 1 is 1.62 bits per heavy atom. The van der Waals surface area contributed by atoms with Gasteiger partial charge in [-0.25, -0.2) is 0 Å². The number of rotatable bonds is 2. The summed E-state index contributed by atoms with van der Waals surface area (Å²) in [7, 11) is 0. The van der Waals surface area contributed by atoms with Crippen molar-refractivity contribution in [3.05, 3.63) is 16.4 Å². The van der Waals surface area contributed by atoms with Crippen LogP contribution in [0.15, 0.2) is 0 Å². The SMILES string of the molecule is Cc1nn(C(C)CC#N)c(C)c1Cl. The number of hydrogen-bond acceptors (Lipinski definition) is 2.